The van der Waals surface area contributed by atoms with Crippen molar-refractivity contribution in [3.05, 3.63) is 77.2 Å². The lowest BCUT2D eigenvalue weighted by atomic mass is 10.1. The van der Waals surface area contributed by atoms with Crippen molar-refractivity contribution in [2.45, 2.75) is 6.92 Å². The number of aliphatic imine (C=N–C) groups is 1. The maximum atomic E-state index is 9.12. The van der Waals surface area contributed by atoms with Gasteiger partial charge in [0, 0.05) is 27.9 Å². The summed E-state index contributed by atoms with van der Waals surface area (Å²) in [4.78, 5) is 13.1. The predicted molar refractivity (Wildman–Crippen MR) is 111 cm³/mol. The van der Waals surface area contributed by atoms with Crippen LogP contribution in [-0.4, -0.2) is 16.7 Å². The molecule has 0 spiro atoms. The van der Waals surface area contributed by atoms with Crippen LogP contribution < -0.4 is 5.32 Å². The van der Waals surface area contributed by atoms with Gasteiger partial charge in [0.15, 0.2) is 5.82 Å². The summed E-state index contributed by atoms with van der Waals surface area (Å²) in [6.07, 6.45) is 5.35. The maximum absolute atomic E-state index is 9.12. The van der Waals surface area contributed by atoms with Gasteiger partial charge in [-0.3, -0.25) is 4.99 Å². The number of allylic oxidation sites excluding steroid dienone is 3. The second kappa shape index (κ2) is 8.26. The van der Waals surface area contributed by atoms with Gasteiger partial charge >= 0.3 is 0 Å². The SMILES string of the molecule is C=N/C=C(\C=C/C)c1nc(Nc2cccc(C#N)c2)c2ccc(Cl)cc2n1. The van der Waals surface area contributed by atoms with Gasteiger partial charge in [-0.2, -0.15) is 5.26 Å². The number of benzene rings is 2. The highest BCUT2D eigenvalue weighted by Gasteiger charge is 2.11. The van der Waals surface area contributed by atoms with E-state index in [1.807, 2.05) is 37.3 Å². The van der Waals surface area contributed by atoms with E-state index < -0.39 is 0 Å². The van der Waals surface area contributed by atoms with Crippen molar-refractivity contribution in [2.75, 3.05) is 5.32 Å². The summed E-state index contributed by atoms with van der Waals surface area (Å²) in [7, 11) is 0. The highest BCUT2D eigenvalue weighted by molar-refractivity contribution is 6.31. The molecule has 0 amide bonds. The highest BCUT2D eigenvalue weighted by atomic mass is 35.5. The second-order valence-electron chi connectivity index (χ2n) is 5.64. The van der Waals surface area contributed by atoms with E-state index in [-0.39, 0.29) is 0 Å². The van der Waals surface area contributed by atoms with E-state index >= 15 is 0 Å². The Labute approximate surface area is 162 Å². The van der Waals surface area contributed by atoms with Crippen LogP contribution in [0.1, 0.15) is 18.3 Å². The third-order valence-corrected chi connectivity index (χ3v) is 3.98. The maximum Gasteiger partial charge on any atom is 0.163 e. The van der Waals surface area contributed by atoms with Crippen molar-refractivity contribution >= 4 is 46.3 Å². The number of nitrogens with zero attached hydrogens (tertiary/aromatic N) is 4. The van der Waals surface area contributed by atoms with E-state index in [1.54, 1.807) is 30.5 Å². The van der Waals surface area contributed by atoms with E-state index in [0.29, 0.717) is 27.7 Å². The molecule has 0 fully saturated rings. The lowest BCUT2D eigenvalue weighted by Gasteiger charge is -2.12. The zero-order valence-corrected chi connectivity index (χ0v) is 15.4. The number of hydrogen-bond donors (Lipinski definition) is 1. The summed E-state index contributed by atoms with van der Waals surface area (Å²) in [6, 6.07) is 14.8. The van der Waals surface area contributed by atoms with Crippen molar-refractivity contribution in [1.82, 2.24) is 9.97 Å². The summed E-state index contributed by atoms with van der Waals surface area (Å²) in [5.74, 6) is 1.11. The van der Waals surface area contributed by atoms with Gasteiger partial charge in [0.05, 0.1) is 17.1 Å². The standard InChI is InChI=1S/C21H16ClN5/c1-3-5-15(13-24-2)20-26-19-11-16(22)8-9-18(19)21(27-20)25-17-7-4-6-14(10-17)12-23/h3-11,13H,2H2,1H3,(H,25,26,27)/b5-3-,15-13+. The molecule has 0 aliphatic carbocycles. The summed E-state index contributed by atoms with van der Waals surface area (Å²) < 4.78 is 0. The number of rotatable bonds is 5. The van der Waals surface area contributed by atoms with Gasteiger partial charge in [-0.15, -0.1) is 0 Å². The minimum absolute atomic E-state index is 0.495. The molecule has 0 unspecified atom stereocenters. The molecule has 0 aliphatic rings. The Bertz CT molecular complexity index is 1110. The molecule has 2 aromatic carbocycles. The van der Waals surface area contributed by atoms with E-state index in [4.69, 9.17) is 16.9 Å². The minimum atomic E-state index is 0.495. The number of hydrogen-bond acceptors (Lipinski definition) is 5. The Morgan fingerprint density at radius 1 is 1.26 bits per heavy atom. The van der Waals surface area contributed by atoms with E-state index in [2.05, 4.69) is 33.1 Å². The Morgan fingerprint density at radius 3 is 2.85 bits per heavy atom. The number of nitrogens with one attached hydrogen (secondary N) is 1. The highest BCUT2D eigenvalue weighted by Crippen LogP contribution is 2.28. The van der Waals surface area contributed by atoms with Gasteiger partial charge in [0.1, 0.15) is 5.82 Å². The van der Waals surface area contributed by atoms with Crippen LogP contribution in [0.3, 0.4) is 0 Å². The molecular formula is C21H16ClN5. The van der Waals surface area contributed by atoms with Crippen LogP contribution >= 0.6 is 11.6 Å². The first-order valence-electron chi connectivity index (χ1n) is 8.18. The molecule has 0 saturated carbocycles. The van der Waals surface area contributed by atoms with Gasteiger partial charge in [-0.05, 0) is 50.0 Å². The topological polar surface area (TPSA) is 74.0 Å². The van der Waals surface area contributed by atoms with Crippen molar-refractivity contribution in [3.63, 3.8) is 0 Å². The molecule has 0 aliphatic heterocycles. The molecule has 1 N–H and O–H groups in total. The molecule has 3 rings (SSSR count). The predicted octanol–water partition coefficient (Wildman–Crippen LogP) is 5.52. The van der Waals surface area contributed by atoms with Crippen LogP contribution in [-0.2, 0) is 0 Å². The largest absolute Gasteiger partial charge is 0.340 e. The molecule has 0 saturated heterocycles. The average Bonchev–Trinajstić information content (AvgIpc) is 2.67. The van der Waals surface area contributed by atoms with Crippen LogP contribution in [0, 0.1) is 11.3 Å². The van der Waals surface area contributed by atoms with Crippen molar-refractivity contribution in [3.8, 4) is 6.07 Å². The fraction of sp³-hybridized carbons (Fsp3) is 0.0476. The second-order valence-corrected chi connectivity index (χ2v) is 6.08. The Balaban J connectivity index is 2.18. The zero-order chi connectivity index (χ0) is 19.2. The molecule has 27 heavy (non-hydrogen) atoms. The Hall–Kier alpha value is -3.49. The number of nitriles is 1. The smallest absolute Gasteiger partial charge is 0.163 e. The van der Waals surface area contributed by atoms with E-state index in [9.17, 15) is 0 Å². The monoisotopic (exact) mass is 373 g/mol. The summed E-state index contributed by atoms with van der Waals surface area (Å²) in [6.45, 7) is 5.41. The molecular weight excluding hydrogens is 358 g/mol. The van der Waals surface area contributed by atoms with Gasteiger partial charge in [0.2, 0.25) is 0 Å². The fourth-order valence-electron chi connectivity index (χ4n) is 2.58. The summed E-state index contributed by atoms with van der Waals surface area (Å²) >= 11 is 6.15. The summed E-state index contributed by atoms with van der Waals surface area (Å²) in [5.41, 5.74) is 2.74. The summed E-state index contributed by atoms with van der Waals surface area (Å²) in [5, 5.41) is 13.8. The number of fused-ring (bicyclic) bond motifs is 1. The average molecular weight is 374 g/mol. The molecule has 0 atom stereocenters. The van der Waals surface area contributed by atoms with Crippen molar-refractivity contribution < 1.29 is 0 Å². The Kier molecular flexibility index (Phi) is 5.60. The van der Waals surface area contributed by atoms with Crippen molar-refractivity contribution in [1.29, 1.82) is 5.26 Å². The quantitative estimate of drug-likeness (QED) is 0.472. The first-order chi connectivity index (χ1) is 13.1. The fourth-order valence-corrected chi connectivity index (χ4v) is 2.75. The van der Waals surface area contributed by atoms with Gasteiger partial charge in [0.25, 0.3) is 0 Å². The molecule has 6 heteroatoms. The first kappa shape index (κ1) is 18.3. The normalized spacial score (nSPS) is 11.5. The molecule has 1 heterocycles. The first-order valence-corrected chi connectivity index (χ1v) is 8.56. The van der Waals surface area contributed by atoms with Crippen LogP contribution in [0.25, 0.3) is 16.5 Å². The Morgan fingerprint density at radius 2 is 2.11 bits per heavy atom. The van der Waals surface area contributed by atoms with Crippen LogP contribution in [0.4, 0.5) is 11.5 Å². The molecule has 1 aromatic heterocycles. The van der Waals surface area contributed by atoms with E-state index in [1.165, 1.54) is 0 Å². The van der Waals surface area contributed by atoms with Gasteiger partial charge in [-0.25, -0.2) is 9.97 Å². The molecule has 0 radical (unpaired) electrons. The third-order valence-electron chi connectivity index (χ3n) is 3.75. The third kappa shape index (κ3) is 4.20. The number of anilines is 2. The number of halogens is 1. The van der Waals surface area contributed by atoms with Crippen LogP contribution in [0.5, 0.6) is 0 Å². The zero-order valence-electron chi connectivity index (χ0n) is 14.6. The lowest BCUT2D eigenvalue weighted by Crippen LogP contribution is -2.01. The molecule has 5 nitrogen and oxygen atoms in total. The molecule has 3 aromatic rings. The molecule has 0 bridgehead atoms. The molecule has 132 valence electrons. The van der Waals surface area contributed by atoms with Crippen LogP contribution in [0.15, 0.2) is 65.8 Å². The van der Waals surface area contributed by atoms with Crippen molar-refractivity contribution in [2.24, 2.45) is 4.99 Å². The minimum Gasteiger partial charge on any atom is -0.340 e. The number of aromatic nitrogens is 2. The van der Waals surface area contributed by atoms with Crippen LogP contribution in [0.2, 0.25) is 5.02 Å². The lowest BCUT2D eigenvalue weighted by molar-refractivity contribution is 1.16. The van der Waals surface area contributed by atoms with E-state index in [0.717, 1.165) is 16.6 Å². The van der Waals surface area contributed by atoms with Gasteiger partial charge < -0.3 is 5.32 Å². The van der Waals surface area contributed by atoms with Gasteiger partial charge in [-0.1, -0.05) is 29.8 Å².